The lowest BCUT2D eigenvalue weighted by Crippen LogP contribution is -2.46. The first-order chi connectivity index (χ1) is 11.7. The Balaban J connectivity index is 1.41. The molecular weight excluding hydrogens is 307 g/mol. The third-order valence-electron chi connectivity index (χ3n) is 4.32. The van der Waals surface area contributed by atoms with Gasteiger partial charge in [0, 0.05) is 51.2 Å². The predicted molar refractivity (Wildman–Crippen MR) is 90.4 cm³/mol. The number of oxazole rings is 1. The molecule has 0 radical (unpaired) electrons. The van der Waals surface area contributed by atoms with Gasteiger partial charge in [0.2, 0.25) is 0 Å². The van der Waals surface area contributed by atoms with Crippen molar-refractivity contribution in [1.29, 1.82) is 0 Å². The minimum atomic E-state index is -0.304. The van der Waals surface area contributed by atoms with Crippen LogP contribution in [0.25, 0.3) is 11.1 Å². The van der Waals surface area contributed by atoms with Crippen molar-refractivity contribution in [3.63, 3.8) is 0 Å². The van der Waals surface area contributed by atoms with Crippen LogP contribution in [0, 0.1) is 12.7 Å². The van der Waals surface area contributed by atoms with Crippen LogP contribution in [0.5, 0.6) is 0 Å². The number of nitrogens with zero attached hydrogens (tertiary/aromatic N) is 4. The average Bonchev–Trinajstić information content (AvgIpc) is 2.98. The lowest BCUT2D eigenvalue weighted by molar-refractivity contribution is 0.245. The summed E-state index contributed by atoms with van der Waals surface area (Å²) < 4.78 is 19.0. The molecule has 0 aliphatic carbocycles. The summed E-state index contributed by atoms with van der Waals surface area (Å²) in [6.45, 7) is 6.51. The monoisotopic (exact) mass is 326 g/mol. The summed E-state index contributed by atoms with van der Waals surface area (Å²) in [6, 6.07) is 7.19. The van der Waals surface area contributed by atoms with Crippen molar-refractivity contribution in [2.45, 2.75) is 13.5 Å². The highest BCUT2D eigenvalue weighted by atomic mass is 19.1. The summed E-state index contributed by atoms with van der Waals surface area (Å²) in [5.41, 5.74) is 3.61. The number of fused-ring (bicyclic) bond motifs is 1. The topological polar surface area (TPSA) is 45.4 Å². The van der Waals surface area contributed by atoms with E-state index in [-0.39, 0.29) is 5.82 Å². The van der Waals surface area contributed by atoms with E-state index in [0.29, 0.717) is 17.1 Å². The molecule has 6 heteroatoms. The van der Waals surface area contributed by atoms with Gasteiger partial charge in [-0.15, -0.1) is 0 Å². The van der Waals surface area contributed by atoms with E-state index in [1.165, 1.54) is 23.3 Å². The van der Waals surface area contributed by atoms with Crippen molar-refractivity contribution in [1.82, 2.24) is 14.9 Å². The van der Waals surface area contributed by atoms with Gasteiger partial charge in [0.05, 0.1) is 0 Å². The molecule has 5 nitrogen and oxygen atoms in total. The first-order valence-electron chi connectivity index (χ1n) is 8.11. The summed E-state index contributed by atoms with van der Waals surface area (Å²) in [6.07, 6.45) is 3.80. The molecule has 24 heavy (non-hydrogen) atoms. The van der Waals surface area contributed by atoms with Crippen LogP contribution < -0.4 is 4.90 Å². The minimum absolute atomic E-state index is 0.304. The summed E-state index contributed by atoms with van der Waals surface area (Å²) in [4.78, 5) is 13.2. The Morgan fingerprint density at radius 1 is 1.12 bits per heavy atom. The summed E-state index contributed by atoms with van der Waals surface area (Å²) in [5, 5.41) is 0. The summed E-state index contributed by atoms with van der Waals surface area (Å²) in [7, 11) is 0. The third-order valence-corrected chi connectivity index (χ3v) is 4.32. The van der Waals surface area contributed by atoms with Crippen molar-refractivity contribution < 1.29 is 8.81 Å². The number of anilines is 1. The maximum atomic E-state index is 13.3. The molecule has 0 N–H and O–H groups in total. The molecule has 4 rings (SSSR count). The Morgan fingerprint density at radius 2 is 1.96 bits per heavy atom. The summed E-state index contributed by atoms with van der Waals surface area (Å²) >= 11 is 0. The molecule has 3 aromatic rings. The van der Waals surface area contributed by atoms with E-state index < -0.39 is 0 Å². The number of hydrogen-bond acceptors (Lipinski definition) is 5. The molecule has 124 valence electrons. The van der Waals surface area contributed by atoms with E-state index in [4.69, 9.17) is 4.42 Å². The molecule has 0 amide bonds. The van der Waals surface area contributed by atoms with Crippen molar-refractivity contribution in [3.05, 3.63) is 53.6 Å². The molecule has 0 spiro atoms. The molecule has 1 saturated heterocycles. The Bertz CT molecular complexity index is 855. The Hall–Kier alpha value is -2.47. The van der Waals surface area contributed by atoms with Gasteiger partial charge in [-0.25, -0.2) is 4.39 Å². The van der Waals surface area contributed by atoms with E-state index in [2.05, 4.69) is 32.8 Å². The smallest absolute Gasteiger partial charge is 0.298 e. The van der Waals surface area contributed by atoms with Crippen LogP contribution in [0.15, 0.2) is 41.1 Å². The highest BCUT2D eigenvalue weighted by Crippen LogP contribution is 2.23. The van der Waals surface area contributed by atoms with Crippen LogP contribution in [0.2, 0.25) is 0 Å². The molecule has 3 heterocycles. The number of aromatic nitrogens is 2. The second-order valence-corrected chi connectivity index (χ2v) is 6.24. The zero-order valence-electron chi connectivity index (χ0n) is 13.6. The van der Waals surface area contributed by atoms with Crippen LogP contribution in [0.4, 0.5) is 10.4 Å². The van der Waals surface area contributed by atoms with Gasteiger partial charge in [-0.3, -0.25) is 9.88 Å². The van der Waals surface area contributed by atoms with Crippen molar-refractivity contribution in [2.75, 3.05) is 31.1 Å². The van der Waals surface area contributed by atoms with E-state index >= 15 is 0 Å². The first kappa shape index (κ1) is 15.1. The standard InChI is InChI=1S/C18H19FN4O/c1-13-8-14(11-20-10-13)12-22-4-6-23(7-5-22)18-21-16-3-2-15(19)9-17(16)24-18/h2-3,8-11H,4-7,12H2,1H3. The van der Waals surface area contributed by atoms with Crippen molar-refractivity contribution in [2.24, 2.45) is 0 Å². The molecule has 0 saturated carbocycles. The molecule has 2 aromatic heterocycles. The molecule has 1 aromatic carbocycles. The number of halogens is 1. The normalized spacial score (nSPS) is 16.0. The first-order valence-corrected chi connectivity index (χ1v) is 8.11. The van der Waals surface area contributed by atoms with Gasteiger partial charge in [-0.2, -0.15) is 4.98 Å². The molecular formula is C18H19FN4O. The number of pyridine rings is 1. The maximum absolute atomic E-state index is 13.3. The molecule has 1 aliphatic rings. The third kappa shape index (κ3) is 3.10. The van der Waals surface area contributed by atoms with Gasteiger partial charge >= 0.3 is 0 Å². The molecule has 0 bridgehead atoms. The number of rotatable bonds is 3. The van der Waals surface area contributed by atoms with Crippen LogP contribution in [-0.2, 0) is 6.54 Å². The van der Waals surface area contributed by atoms with E-state index in [1.54, 1.807) is 6.07 Å². The van der Waals surface area contributed by atoms with Gasteiger partial charge in [0.15, 0.2) is 5.58 Å². The highest BCUT2D eigenvalue weighted by Gasteiger charge is 2.21. The number of hydrogen-bond donors (Lipinski definition) is 0. The zero-order chi connectivity index (χ0) is 16.5. The molecule has 1 aliphatic heterocycles. The van der Waals surface area contributed by atoms with Crippen molar-refractivity contribution >= 4 is 17.1 Å². The van der Waals surface area contributed by atoms with E-state index in [1.807, 2.05) is 12.4 Å². The molecule has 1 fully saturated rings. The fourth-order valence-electron chi connectivity index (χ4n) is 3.08. The maximum Gasteiger partial charge on any atom is 0.298 e. The van der Waals surface area contributed by atoms with Crippen molar-refractivity contribution in [3.8, 4) is 0 Å². The lowest BCUT2D eigenvalue weighted by atomic mass is 10.2. The second-order valence-electron chi connectivity index (χ2n) is 6.24. The second kappa shape index (κ2) is 6.20. The largest absolute Gasteiger partial charge is 0.423 e. The van der Waals surface area contributed by atoms with Crippen LogP contribution >= 0.6 is 0 Å². The van der Waals surface area contributed by atoms with Gasteiger partial charge in [0.1, 0.15) is 11.3 Å². The van der Waals surface area contributed by atoms with Crippen LogP contribution in [0.3, 0.4) is 0 Å². The van der Waals surface area contributed by atoms with Gasteiger partial charge < -0.3 is 9.32 Å². The van der Waals surface area contributed by atoms with Crippen LogP contribution in [0.1, 0.15) is 11.1 Å². The number of aryl methyl sites for hydroxylation is 1. The Morgan fingerprint density at radius 3 is 2.75 bits per heavy atom. The van der Waals surface area contributed by atoms with Crippen LogP contribution in [-0.4, -0.2) is 41.0 Å². The van der Waals surface area contributed by atoms with Gasteiger partial charge in [0.25, 0.3) is 6.01 Å². The minimum Gasteiger partial charge on any atom is -0.423 e. The quantitative estimate of drug-likeness (QED) is 0.740. The van der Waals surface area contributed by atoms with Gasteiger partial charge in [-0.1, -0.05) is 6.07 Å². The lowest BCUT2D eigenvalue weighted by Gasteiger charge is -2.33. The van der Waals surface area contributed by atoms with E-state index in [9.17, 15) is 4.39 Å². The fourth-order valence-corrected chi connectivity index (χ4v) is 3.08. The molecule has 0 atom stereocenters. The predicted octanol–water partition coefficient (Wildman–Crippen LogP) is 2.99. The Labute approximate surface area is 139 Å². The SMILES string of the molecule is Cc1cncc(CN2CCN(c3nc4ccc(F)cc4o3)CC2)c1. The molecule has 0 unspecified atom stereocenters. The van der Waals surface area contributed by atoms with Gasteiger partial charge in [-0.05, 0) is 30.2 Å². The highest BCUT2D eigenvalue weighted by molar-refractivity contribution is 5.74. The zero-order valence-corrected chi connectivity index (χ0v) is 13.6. The number of benzene rings is 1. The fraction of sp³-hybridized carbons (Fsp3) is 0.333. The summed E-state index contributed by atoms with van der Waals surface area (Å²) in [5.74, 6) is -0.304. The number of piperazine rings is 1. The van der Waals surface area contributed by atoms with E-state index in [0.717, 1.165) is 32.7 Å². The average molecular weight is 326 g/mol. The Kier molecular flexibility index (Phi) is 3.90.